The second-order valence-electron chi connectivity index (χ2n) is 1.74. The highest BCUT2D eigenvalue weighted by atomic mass is 79.9. The summed E-state index contributed by atoms with van der Waals surface area (Å²) in [7, 11) is 0. The lowest BCUT2D eigenvalue weighted by molar-refractivity contribution is 1.55. The summed E-state index contributed by atoms with van der Waals surface area (Å²) in [6.45, 7) is 9.11. The Morgan fingerprint density at radius 1 is 1.56 bits per heavy atom. The molecule has 0 nitrogen and oxygen atoms in total. The molecule has 0 atom stereocenters. The van der Waals surface area contributed by atoms with Gasteiger partial charge in [-0.15, -0.1) is 0 Å². The van der Waals surface area contributed by atoms with Crippen molar-refractivity contribution in [1.82, 2.24) is 0 Å². The summed E-state index contributed by atoms with van der Waals surface area (Å²) in [5, 5.41) is 0.600. The van der Waals surface area contributed by atoms with E-state index in [1.54, 1.807) is 6.08 Å². The number of hydrogen-bond donors (Lipinski definition) is 0. The molecule has 0 N–H and O–H groups in total. The fourth-order valence-electron chi connectivity index (χ4n) is 0.295. The minimum Gasteiger partial charge on any atom is -0.0961 e. The summed E-state index contributed by atoms with van der Waals surface area (Å²) < 4.78 is 0.687. The molecule has 0 radical (unpaired) electrons. The minimum absolute atomic E-state index is 0.600. The molecule has 0 heterocycles. The Kier molecular flexibility index (Phi) is 3.91. The fraction of sp³-hybridized carbons (Fsp3) is 0.143. The highest BCUT2D eigenvalue weighted by molar-refractivity contribution is 9.12. The molecule has 50 valence electrons. The van der Waals surface area contributed by atoms with Crippen LogP contribution >= 0.6 is 27.5 Å². The number of allylic oxidation sites excluding steroid dienone is 4. The van der Waals surface area contributed by atoms with Gasteiger partial charge in [-0.3, -0.25) is 0 Å². The molecule has 9 heavy (non-hydrogen) atoms. The molecule has 2 heteroatoms. The number of rotatable bonds is 2. The van der Waals surface area contributed by atoms with Gasteiger partial charge in [0.15, 0.2) is 0 Å². The topological polar surface area (TPSA) is 0 Å². The molecule has 0 aromatic heterocycles. The van der Waals surface area contributed by atoms with Crippen molar-refractivity contribution in [2.75, 3.05) is 0 Å². The van der Waals surface area contributed by atoms with Crippen LogP contribution in [0.2, 0.25) is 0 Å². The zero-order valence-corrected chi connectivity index (χ0v) is 7.59. The predicted octanol–water partition coefficient (Wildman–Crippen LogP) is 3.59. The van der Waals surface area contributed by atoms with E-state index in [0.717, 1.165) is 5.57 Å². The van der Waals surface area contributed by atoms with Crippen molar-refractivity contribution in [3.63, 3.8) is 0 Å². The molecular weight excluding hydrogens is 199 g/mol. The van der Waals surface area contributed by atoms with Gasteiger partial charge in [0.2, 0.25) is 0 Å². The molecule has 0 fully saturated rings. The van der Waals surface area contributed by atoms with Crippen LogP contribution in [0.5, 0.6) is 0 Å². The van der Waals surface area contributed by atoms with Crippen molar-refractivity contribution in [1.29, 1.82) is 0 Å². The lowest BCUT2D eigenvalue weighted by Gasteiger charge is -1.91. The van der Waals surface area contributed by atoms with Crippen LogP contribution in [0.25, 0.3) is 0 Å². The first kappa shape index (κ1) is 8.99. The lowest BCUT2D eigenvalue weighted by atomic mass is 10.3. The lowest BCUT2D eigenvalue weighted by Crippen LogP contribution is -1.69. The van der Waals surface area contributed by atoms with E-state index in [1.165, 1.54) is 0 Å². The van der Waals surface area contributed by atoms with E-state index < -0.39 is 0 Å². The van der Waals surface area contributed by atoms with E-state index >= 15 is 0 Å². The van der Waals surface area contributed by atoms with Crippen LogP contribution in [0.15, 0.2) is 34.3 Å². The van der Waals surface area contributed by atoms with Crippen LogP contribution in [0, 0.1) is 0 Å². The molecule has 0 aromatic rings. The summed E-state index contributed by atoms with van der Waals surface area (Å²) in [6, 6.07) is 0. The molecule has 0 spiro atoms. The summed E-state index contributed by atoms with van der Waals surface area (Å²) in [5.74, 6) is 0. The molecule has 0 saturated carbocycles. The van der Waals surface area contributed by atoms with Gasteiger partial charge in [0.05, 0.1) is 5.03 Å². The van der Waals surface area contributed by atoms with Crippen LogP contribution in [-0.2, 0) is 0 Å². The van der Waals surface area contributed by atoms with Gasteiger partial charge in [-0.2, -0.15) is 0 Å². The molecule has 0 aromatic carbocycles. The Bertz CT molecular complexity index is 168. The third-order valence-corrected chi connectivity index (χ3v) is 1.62. The maximum absolute atomic E-state index is 5.66. The third-order valence-electron chi connectivity index (χ3n) is 0.632. The Hall–Kier alpha value is -0.0100. The summed E-state index contributed by atoms with van der Waals surface area (Å²) in [6.07, 6.45) is 1.75. The third kappa shape index (κ3) is 4.49. The van der Waals surface area contributed by atoms with E-state index in [2.05, 4.69) is 29.1 Å². The molecule has 0 aliphatic rings. The Labute approximate surface area is 69.0 Å². The Balaban J connectivity index is 4.17. The zero-order valence-electron chi connectivity index (χ0n) is 5.25. The second-order valence-corrected chi connectivity index (χ2v) is 3.11. The van der Waals surface area contributed by atoms with E-state index in [0.29, 0.717) is 9.51 Å². The summed E-state index contributed by atoms with van der Waals surface area (Å²) >= 11 is 8.80. The van der Waals surface area contributed by atoms with Gasteiger partial charge in [0.25, 0.3) is 0 Å². The molecule has 0 rings (SSSR count). The zero-order chi connectivity index (χ0) is 7.44. The Morgan fingerprint density at radius 2 is 2.00 bits per heavy atom. The number of halogens is 2. The molecule has 0 saturated heterocycles. The normalized spacial score (nSPS) is 11.2. The first-order chi connectivity index (χ1) is 4.04. The predicted molar refractivity (Wildman–Crippen MR) is 46.8 cm³/mol. The summed E-state index contributed by atoms with van der Waals surface area (Å²) in [4.78, 5) is 0. The quantitative estimate of drug-likeness (QED) is 0.607. The average molecular weight is 207 g/mol. The summed E-state index contributed by atoms with van der Waals surface area (Å²) in [5.41, 5.74) is 0.917. The van der Waals surface area contributed by atoms with E-state index in [9.17, 15) is 0 Å². The largest absolute Gasteiger partial charge is 0.0961 e. The van der Waals surface area contributed by atoms with Gasteiger partial charge in [0, 0.05) is 4.48 Å². The molecule has 0 bridgehead atoms. The fourth-order valence-corrected chi connectivity index (χ4v) is 0.595. The maximum Gasteiger partial charge on any atom is 0.0544 e. The molecule has 0 aliphatic carbocycles. The van der Waals surface area contributed by atoms with Crippen molar-refractivity contribution in [3.8, 4) is 0 Å². The SMILES string of the molecule is C=C(C)/C=C(/Cl)C(=C)Br. The van der Waals surface area contributed by atoms with Crippen LogP contribution < -0.4 is 0 Å². The van der Waals surface area contributed by atoms with Crippen LogP contribution in [-0.4, -0.2) is 0 Å². The van der Waals surface area contributed by atoms with Crippen molar-refractivity contribution in [3.05, 3.63) is 34.3 Å². The van der Waals surface area contributed by atoms with Gasteiger partial charge >= 0.3 is 0 Å². The van der Waals surface area contributed by atoms with Gasteiger partial charge in [0.1, 0.15) is 0 Å². The maximum atomic E-state index is 5.66. The molecule has 0 unspecified atom stereocenters. The Morgan fingerprint density at radius 3 is 2.11 bits per heavy atom. The van der Waals surface area contributed by atoms with E-state index in [-0.39, 0.29) is 0 Å². The highest BCUT2D eigenvalue weighted by Gasteiger charge is 1.91. The van der Waals surface area contributed by atoms with Gasteiger partial charge in [-0.05, 0) is 28.9 Å². The molecule has 0 amide bonds. The van der Waals surface area contributed by atoms with Gasteiger partial charge in [-0.25, -0.2) is 0 Å². The van der Waals surface area contributed by atoms with Crippen molar-refractivity contribution in [2.24, 2.45) is 0 Å². The highest BCUT2D eigenvalue weighted by Crippen LogP contribution is 2.19. The van der Waals surface area contributed by atoms with E-state index in [1.807, 2.05) is 6.92 Å². The van der Waals surface area contributed by atoms with Crippen LogP contribution in [0.1, 0.15) is 6.92 Å². The van der Waals surface area contributed by atoms with E-state index in [4.69, 9.17) is 11.6 Å². The van der Waals surface area contributed by atoms with Crippen molar-refractivity contribution < 1.29 is 0 Å². The first-order valence-corrected chi connectivity index (χ1v) is 3.58. The van der Waals surface area contributed by atoms with Crippen molar-refractivity contribution in [2.45, 2.75) is 6.92 Å². The van der Waals surface area contributed by atoms with Crippen LogP contribution in [0.4, 0.5) is 0 Å². The van der Waals surface area contributed by atoms with Gasteiger partial charge < -0.3 is 0 Å². The smallest absolute Gasteiger partial charge is 0.0544 e. The molecular formula is C7H8BrCl. The second kappa shape index (κ2) is 3.91. The monoisotopic (exact) mass is 206 g/mol. The number of hydrogen-bond acceptors (Lipinski definition) is 0. The van der Waals surface area contributed by atoms with Gasteiger partial charge in [-0.1, -0.05) is 30.3 Å². The first-order valence-electron chi connectivity index (χ1n) is 2.41. The average Bonchev–Trinajstić information content (AvgIpc) is 1.63. The standard InChI is InChI=1S/C7H8BrCl/c1-5(2)4-7(9)6(3)8/h4H,1,3H2,2H3/b7-4+. The molecule has 0 aliphatic heterocycles. The minimum atomic E-state index is 0.600. The van der Waals surface area contributed by atoms with Crippen molar-refractivity contribution >= 4 is 27.5 Å². The van der Waals surface area contributed by atoms with Crippen LogP contribution in [0.3, 0.4) is 0 Å².